The van der Waals surface area contributed by atoms with Crippen LogP contribution in [-0.4, -0.2) is 24.7 Å². The van der Waals surface area contributed by atoms with E-state index in [1.165, 1.54) is 0 Å². The van der Waals surface area contributed by atoms with Gasteiger partial charge in [-0.15, -0.1) is 0 Å². The van der Waals surface area contributed by atoms with Crippen LogP contribution in [0.4, 0.5) is 5.69 Å². The van der Waals surface area contributed by atoms with Gasteiger partial charge < -0.3 is 14.8 Å². The Morgan fingerprint density at radius 1 is 1.15 bits per heavy atom. The van der Waals surface area contributed by atoms with Crippen LogP contribution < -0.4 is 10.1 Å². The number of benzene rings is 1. The SMILES string of the molecule is CCCCC[C@](C)(OCC)C(=O)Nc1cc(C)c(OCC(C)C)c(C)c1. The van der Waals surface area contributed by atoms with Crippen molar-refractivity contribution in [2.24, 2.45) is 5.92 Å². The molecule has 0 saturated carbocycles. The van der Waals surface area contributed by atoms with E-state index in [0.717, 1.165) is 48.2 Å². The first-order chi connectivity index (χ1) is 12.2. The number of carbonyl (C=O) groups is 1. The Morgan fingerprint density at radius 3 is 2.27 bits per heavy atom. The van der Waals surface area contributed by atoms with Crippen LogP contribution in [0.5, 0.6) is 5.75 Å². The lowest BCUT2D eigenvalue weighted by Crippen LogP contribution is -2.42. The van der Waals surface area contributed by atoms with Gasteiger partial charge >= 0.3 is 0 Å². The number of amides is 1. The molecule has 0 radical (unpaired) electrons. The molecular weight excluding hydrogens is 326 g/mol. The van der Waals surface area contributed by atoms with Crippen LogP contribution in [0.25, 0.3) is 0 Å². The maximum Gasteiger partial charge on any atom is 0.256 e. The summed E-state index contributed by atoms with van der Waals surface area (Å²) in [6, 6.07) is 3.94. The number of hydrogen-bond acceptors (Lipinski definition) is 3. The van der Waals surface area contributed by atoms with E-state index in [0.29, 0.717) is 19.1 Å². The fourth-order valence-corrected chi connectivity index (χ4v) is 3.05. The van der Waals surface area contributed by atoms with Crippen molar-refractivity contribution in [2.45, 2.75) is 79.8 Å². The summed E-state index contributed by atoms with van der Waals surface area (Å²) in [6.45, 7) is 15.5. The normalized spacial score (nSPS) is 13.5. The van der Waals surface area contributed by atoms with Gasteiger partial charge in [-0.05, 0) is 63.3 Å². The summed E-state index contributed by atoms with van der Waals surface area (Å²) >= 11 is 0. The first-order valence-electron chi connectivity index (χ1n) is 9.93. The number of hydrogen-bond donors (Lipinski definition) is 1. The van der Waals surface area contributed by atoms with Gasteiger partial charge in [0.25, 0.3) is 5.91 Å². The van der Waals surface area contributed by atoms with Crippen molar-refractivity contribution in [3.63, 3.8) is 0 Å². The van der Waals surface area contributed by atoms with Gasteiger partial charge in [0.2, 0.25) is 0 Å². The second kappa shape index (κ2) is 10.6. The largest absolute Gasteiger partial charge is 0.493 e. The zero-order chi connectivity index (χ0) is 19.7. The molecule has 1 atom stereocenters. The molecule has 0 aliphatic heterocycles. The van der Waals surface area contributed by atoms with Crippen molar-refractivity contribution in [3.05, 3.63) is 23.3 Å². The third-order valence-electron chi connectivity index (χ3n) is 4.48. The van der Waals surface area contributed by atoms with E-state index < -0.39 is 5.60 Å². The van der Waals surface area contributed by atoms with Crippen molar-refractivity contribution >= 4 is 11.6 Å². The standard InChI is InChI=1S/C22H37NO3/c1-8-10-11-12-22(7,26-9-2)21(24)23-19-13-17(5)20(18(6)14-19)25-15-16(3)4/h13-14,16H,8-12,15H2,1-7H3,(H,23,24)/t22-/m0/s1. The van der Waals surface area contributed by atoms with E-state index in [9.17, 15) is 4.79 Å². The molecule has 1 N–H and O–H groups in total. The molecule has 0 aromatic heterocycles. The average molecular weight is 364 g/mol. The summed E-state index contributed by atoms with van der Waals surface area (Å²) in [5, 5.41) is 3.05. The van der Waals surface area contributed by atoms with Gasteiger partial charge in [-0.3, -0.25) is 4.79 Å². The zero-order valence-electron chi connectivity index (χ0n) is 17.7. The van der Waals surface area contributed by atoms with Crippen molar-refractivity contribution < 1.29 is 14.3 Å². The Bertz CT molecular complexity index is 560. The van der Waals surface area contributed by atoms with Gasteiger partial charge in [-0.2, -0.15) is 0 Å². The average Bonchev–Trinajstić information content (AvgIpc) is 2.54. The van der Waals surface area contributed by atoms with Crippen LogP contribution in [0.2, 0.25) is 0 Å². The summed E-state index contributed by atoms with van der Waals surface area (Å²) < 4.78 is 11.7. The molecule has 4 nitrogen and oxygen atoms in total. The highest BCUT2D eigenvalue weighted by molar-refractivity contribution is 5.97. The predicted octanol–water partition coefficient (Wildman–Crippen LogP) is 5.65. The number of carbonyl (C=O) groups excluding carboxylic acids is 1. The molecule has 0 spiro atoms. The molecule has 148 valence electrons. The maximum atomic E-state index is 12.9. The predicted molar refractivity (Wildman–Crippen MR) is 109 cm³/mol. The first-order valence-corrected chi connectivity index (χ1v) is 9.93. The summed E-state index contributed by atoms with van der Waals surface area (Å²) in [7, 11) is 0. The lowest BCUT2D eigenvalue weighted by molar-refractivity contribution is -0.139. The quantitative estimate of drug-likeness (QED) is 0.517. The monoisotopic (exact) mass is 363 g/mol. The minimum atomic E-state index is -0.793. The molecule has 0 aliphatic rings. The molecule has 0 saturated heterocycles. The number of anilines is 1. The van der Waals surface area contributed by atoms with Gasteiger partial charge in [-0.25, -0.2) is 0 Å². The van der Waals surface area contributed by atoms with Crippen molar-refractivity contribution in [1.82, 2.24) is 0 Å². The van der Waals surface area contributed by atoms with Gasteiger partial charge in [0.05, 0.1) is 6.61 Å². The van der Waals surface area contributed by atoms with Gasteiger partial charge in [-0.1, -0.05) is 40.0 Å². The van der Waals surface area contributed by atoms with E-state index in [1.807, 2.05) is 39.8 Å². The highest BCUT2D eigenvalue weighted by Crippen LogP contribution is 2.29. The molecule has 0 heterocycles. The van der Waals surface area contributed by atoms with Gasteiger partial charge in [0.15, 0.2) is 0 Å². The van der Waals surface area contributed by atoms with Crippen LogP contribution in [0.1, 0.15) is 71.4 Å². The van der Waals surface area contributed by atoms with Crippen molar-refractivity contribution in [3.8, 4) is 5.75 Å². The topological polar surface area (TPSA) is 47.6 Å². The number of unbranched alkanes of at least 4 members (excludes halogenated alkanes) is 2. The highest BCUT2D eigenvalue weighted by Gasteiger charge is 2.33. The minimum absolute atomic E-state index is 0.0786. The zero-order valence-corrected chi connectivity index (χ0v) is 17.7. The van der Waals surface area contributed by atoms with E-state index in [2.05, 4.69) is 26.1 Å². The highest BCUT2D eigenvalue weighted by atomic mass is 16.5. The fourth-order valence-electron chi connectivity index (χ4n) is 3.05. The second-order valence-corrected chi connectivity index (χ2v) is 7.72. The fraction of sp³-hybridized carbons (Fsp3) is 0.682. The van der Waals surface area contributed by atoms with Crippen LogP contribution in [0.15, 0.2) is 12.1 Å². The molecule has 1 rings (SSSR count). The Hall–Kier alpha value is -1.55. The smallest absolute Gasteiger partial charge is 0.256 e. The van der Waals surface area contributed by atoms with E-state index in [1.54, 1.807) is 0 Å². The van der Waals surface area contributed by atoms with E-state index in [-0.39, 0.29) is 5.91 Å². The number of aryl methyl sites for hydroxylation is 2. The Labute approximate surface area is 159 Å². The maximum absolute atomic E-state index is 12.9. The summed E-state index contributed by atoms with van der Waals surface area (Å²) in [5.41, 5.74) is 2.07. The summed E-state index contributed by atoms with van der Waals surface area (Å²) in [4.78, 5) is 12.9. The lowest BCUT2D eigenvalue weighted by Gasteiger charge is -2.28. The second-order valence-electron chi connectivity index (χ2n) is 7.72. The van der Waals surface area contributed by atoms with Gasteiger partial charge in [0, 0.05) is 12.3 Å². The Balaban J connectivity index is 2.89. The lowest BCUT2D eigenvalue weighted by atomic mass is 9.96. The van der Waals surface area contributed by atoms with Crippen LogP contribution in [0, 0.1) is 19.8 Å². The minimum Gasteiger partial charge on any atom is -0.493 e. The Morgan fingerprint density at radius 2 is 1.77 bits per heavy atom. The molecule has 0 unspecified atom stereocenters. The summed E-state index contributed by atoms with van der Waals surface area (Å²) in [5.74, 6) is 1.31. The first kappa shape index (κ1) is 22.5. The van der Waals surface area contributed by atoms with Crippen molar-refractivity contribution in [2.75, 3.05) is 18.5 Å². The molecule has 0 bridgehead atoms. The van der Waals surface area contributed by atoms with Crippen LogP contribution in [-0.2, 0) is 9.53 Å². The molecule has 1 aromatic rings. The molecule has 4 heteroatoms. The molecule has 0 fully saturated rings. The van der Waals surface area contributed by atoms with E-state index >= 15 is 0 Å². The summed E-state index contributed by atoms with van der Waals surface area (Å²) in [6.07, 6.45) is 3.95. The van der Waals surface area contributed by atoms with Crippen LogP contribution in [0.3, 0.4) is 0 Å². The number of ether oxygens (including phenoxy) is 2. The molecule has 0 aliphatic carbocycles. The van der Waals surface area contributed by atoms with E-state index in [4.69, 9.17) is 9.47 Å². The number of nitrogens with one attached hydrogen (secondary N) is 1. The van der Waals surface area contributed by atoms with Crippen LogP contribution >= 0.6 is 0 Å². The van der Waals surface area contributed by atoms with Gasteiger partial charge in [0.1, 0.15) is 11.4 Å². The molecular formula is C22H37NO3. The third kappa shape index (κ3) is 6.64. The molecule has 26 heavy (non-hydrogen) atoms. The third-order valence-corrected chi connectivity index (χ3v) is 4.48. The Kier molecular flexibility index (Phi) is 9.14. The molecule has 1 amide bonds. The molecule has 1 aromatic carbocycles. The van der Waals surface area contributed by atoms with Crippen molar-refractivity contribution in [1.29, 1.82) is 0 Å². The number of rotatable bonds is 11.